The first-order chi connectivity index (χ1) is 11.2. The van der Waals surface area contributed by atoms with Gasteiger partial charge < -0.3 is 5.32 Å². The van der Waals surface area contributed by atoms with Gasteiger partial charge in [0.15, 0.2) is 0 Å². The van der Waals surface area contributed by atoms with Gasteiger partial charge in [0.25, 0.3) is 5.91 Å². The van der Waals surface area contributed by atoms with Crippen LogP contribution in [0.2, 0.25) is 5.15 Å². The second-order valence-electron chi connectivity index (χ2n) is 6.23. The molecule has 8 nitrogen and oxygen atoms in total. The predicted octanol–water partition coefficient (Wildman–Crippen LogP) is 0.700. The summed E-state index contributed by atoms with van der Waals surface area (Å²) in [5, 5.41) is 5.14. The molecule has 0 aromatic carbocycles. The molecular weight excluding hydrogens is 356 g/mol. The lowest BCUT2D eigenvalue weighted by Gasteiger charge is -2.19. The molecule has 2 heterocycles. The minimum atomic E-state index is -3.71. The number of carbonyl (C=O) groups excluding carboxylic acids is 2. The van der Waals surface area contributed by atoms with Crippen molar-refractivity contribution in [3.8, 4) is 0 Å². The monoisotopic (exact) mass is 372 g/mol. The summed E-state index contributed by atoms with van der Waals surface area (Å²) in [6.07, 6.45) is 2.76. The summed E-state index contributed by atoms with van der Waals surface area (Å²) in [6.45, 7) is 1.87. The zero-order valence-electron chi connectivity index (χ0n) is 12.9. The van der Waals surface area contributed by atoms with Gasteiger partial charge in [0.1, 0.15) is 15.6 Å². The molecule has 1 aliphatic heterocycles. The molecule has 2 fully saturated rings. The van der Waals surface area contributed by atoms with Crippen LogP contribution in [0.15, 0.2) is 17.2 Å². The molecule has 2 unspecified atom stereocenters. The Morgan fingerprint density at radius 1 is 1.46 bits per heavy atom. The Kier molecular flexibility index (Phi) is 4.27. The van der Waals surface area contributed by atoms with E-state index in [2.05, 4.69) is 20.3 Å². The molecule has 10 heteroatoms. The molecule has 1 saturated heterocycles. The molecule has 3 N–H and O–H groups in total. The van der Waals surface area contributed by atoms with Crippen molar-refractivity contribution < 1.29 is 18.0 Å². The standard InChI is InChI=1S/C14H17ClN4O4S/c1-8-4-10(7-16-11(8)15)24(22,23)17-6-9-2-3-14(5-9)12(20)18-13(21)19-14/h4,7,9,17H,2-3,5-6H2,1H3,(H2,18,19,20,21). The van der Waals surface area contributed by atoms with Crippen LogP contribution in [0, 0.1) is 12.8 Å². The number of hydrogen-bond acceptors (Lipinski definition) is 5. The third-order valence-corrected chi connectivity index (χ3v) is 6.28. The number of urea groups is 1. The van der Waals surface area contributed by atoms with Gasteiger partial charge in [0.2, 0.25) is 10.0 Å². The van der Waals surface area contributed by atoms with Gasteiger partial charge in [-0.1, -0.05) is 11.6 Å². The smallest absolute Gasteiger partial charge is 0.322 e. The third-order valence-electron chi connectivity index (χ3n) is 4.49. The van der Waals surface area contributed by atoms with Gasteiger partial charge in [-0.25, -0.2) is 22.9 Å². The number of hydrogen-bond donors (Lipinski definition) is 3. The highest BCUT2D eigenvalue weighted by Gasteiger charge is 2.50. The molecule has 1 spiro atoms. The van der Waals surface area contributed by atoms with E-state index in [1.807, 2.05) is 0 Å². The minimum Gasteiger partial charge on any atom is -0.323 e. The maximum atomic E-state index is 12.3. The van der Waals surface area contributed by atoms with Gasteiger partial charge >= 0.3 is 6.03 Å². The zero-order chi connectivity index (χ0) is 17.5. The lowest BCUT2D eigenvalue weighted by molar-refractivity contribution is -0.123. The van der Waals surface area contributed by atoms with Crippen molar-refractivity contribution in [2.75, 3.05) is 6.54 Å². The topological polar surface area (TPSA) is 117 Å². The van der Waals surface area contributed by atoms with Crippen LogP contribution in [0.4, 0.5) is 4.79 Å². The zero-order valence-corrected chi connectivity index (χ0v) is 14.5. The molecule has 1 saturated carbocycles. The van der Waals surface area contributed by atoms with Gasteiger partial charge in [0, 0.05) is 12.7 Å². The van der Waals surface area contributed by atoms with Gasteiger partial charge in [-0.05, 0) is 43.7 Å². The van der Waals surface area contributed by atoms with E-state index in [9.17, 15) is 18.0 Å². The molecule has 1 aromatic heterocycles. The largest absolute Gasteiger partial charge is 0.323 e. The van der Waals surface area contributed by atoms with Gasteiger partial charge in [0.05, 0.1) is 0 Å². The maximum absolute atomic E-state index is 12.3. The summed E-state index contributed by atoms with van der Waals surface area (Å²) in [6, 6.07) is 0.960. The van der Waals surface area contributed by atoms with Crippen LogP contribution in [0.25, 0.3) is 0 Å². The molecule has 1 aliphatic carbocycles. The van der Waals surface area contributed by atoms with Crippen LogP contribution in [0.1, 0.15) is 24.8 Å². The molecule has 2 aliphatic rings. The number of imide groups is 1. The Hall–Kier alpha value is -1.71. The Balaban J connectivity index is 1.65. The molecule has 1 aromatic rings. The SMILES string of the molecule is Cc1cc(S(=O)(=O)NCC2CCC3(C2)NC(=O)NC3=O)cnc1Cl. The second kappa shape index (κ2) is 5.98. The molecule has 0 radical (unpaired) electrons. The fourth-order valence-corrected chi connectivity index (χ4v) is 4.41. The Morgan fingerprint density at radius 3 is 2.83 bits per heavy atom. The number of rotatable bonds is 4. The van der Waals surface area contributed by atoms with Crippen LogP contribution in [0.3, 0.4) is 0 Å². The fraction of sp³-hybridized carbons (Fsp3) is 0.500. The Morgan fingerprint density at radius 2 is 2.21 bits per heavy atom. The summed E-state index contributed by atoms with van der Waals surface area (Å²) in [5.41, 5.74) is -0.323. The van der Waals surface area contributed by atoms with Crippen molar-refractivity contribution in [2.24, 2.45) is 5.92 Å². The number of sulfonamides is 1. The molecule has 3 amide bonds. The summed E-state index contributed by atoms with van der Waals surface area (Å²) in [5.74, 6) is -0.374. The van der Waals surface area contributed by atoms with Gasteiger partial charge in [-0.3, -0.25) is 10.1 Å². The molecule has 24 heavy (non-hydrogen) atoms. The van der Waals surface area contributed by atoms with Crippen LogP contribution >= 0.6 is 11.6 Å². The van der Waals surface area contributed by atoms with Gasteiger partial charge in [-0.15, -0.1) is 0 Å². The van der Waals surface area contributed by atoms with E-state index in [1.54, 1.807) is 6.92 Å². The van der Waals surface area contributed by atoms with Crippen molar-refractivity contribution in [3.05, 3.63) is 23.0 Å². The lowest BCUT2D eigenvalue weighted by atomic mass is 9.96. The third kappa shape index (κ3) is 3.11. The first-order valence-corrected chi connectivity index (χ1v) is 9.33. The molecule has 2 atom stereocenters. The van der Waals surface area contributed by atoms with Crippen molar-refractivity contribution >= 4 is 33.6 Å². The van der Waals surface area contributed by atoms with E-state index in [1.165, 1.54) is 12.3 Å². The first-order valence-electron chi connectivity index (χ1n) is 7.47. The highest BCUT2D eigenvalue weighted by atomic mass is 35.5. The van der Waals surface area contributed by atoms with Gasteiger partial charge in [-0.2, -0.15) is 0 Å². The van der Waals surface area contributed by atoms with Crippen molar-refractivity contribution in [1.82, 2.24) is 20.3 Å². The fourth-order valence-electron chi connectivity index (χ4n) is 3.16. The number of carbonyl (C=O) groups is 2. The summed E-state index contributed by atoms with van der Waals surface area (Å²) >= 11 is 5.81. The Labute approximate surface area is 144 Å². The number of nitrogens with zero attached hydrogens (tertiary/aromatic N) is 1. The summed E-state index contributed by atoms with van der Waals surface area (Å²) < 4.78 is 27.2. The van der Waals surface area contributed by atoms with Crippen LogP contribution < -0.4 is 15.4 Å². The number of amides is 3. The van der Waals surface area contributed by atoms with E-state index in [0.717, 1.165) is 0 Å². The molecular formula is C14H17ClN4O4S. The second-order valence-corrected chi connectivity index (χ2v) is 8.35. The van der Waals surface area contributed by atoms with E-state index >= 15 is 0 Å². The number of halogens is 1. The number of aromatic nitrogens is 1. The lowest BCUT2D eigenvalue weighted by Crippen LogP contribution is -2.44. The average molecular weight is 373 g/mol. The normalized spacial score (nSPS) is 26.7. The summed E-state index contributed by atoms with van der Waals surface area (Å²) in [4.78, 5) is 27.1. The average Bonchev–Trinajstić information content (AvgIpc) is 3.04. The van der Waals surface area contributed by atoms with Crippen LogP contribution in [-0.2, 0) is 14.8 Å². The predicted molar refractivity (Wildman–Crippen MR) is 85.9 cm³/mol. The van der Waals surface area contributed by atoms with Crippen molar-refractivity contribution in [3.63, 3.8) is 0 Å². The summed E-state index contributed by atoms with van der Waals surface area (Å²) in [7, 11) is -3.71. The number of aryl methyl sites for hydroxylation is 1. The van der Waals surface area contributed by atoms with E-state index in [4.69, 9.17) is 11.6 Å². The van der Waals surface area contributed by atoms with E-state index in [0.29, 0.717) is 24.8 Å². The Bertz CT molecular complexity index is 813. The minimum absolute atomic E-state index is 0.0368. The van der Waals surface area contributed by atoms with E-state index in [-0.39, 0.29) is 28.4 Å². The number of nitrogens with one attached hydrogen (secondary N) is 3. The number of pyridine rings is 1. The van der Waals surface area contributed by atoms with Crippen molar-refractivity contribution in [1.29, 1.82) is 0 Å². The molecule has 0 bridgehead atoms. The maximum Gasteiger partial charge on any atom is 0.322 e. The van der Waals surface area contributed by atoms with E-state index < -0.39 is 21.6 Å². The first kappa shape index (κ1) is 17.1. The van der Waals surface area contributed by atoms with Crippen molar-refractivity contribution in [2.45, 2.75) is 36.6 Å². The molecule has 130 valence electrons. The highest BCUT2D eigenvalue weighted by Crippen LogP contribution is 2.36. The quantitative estimate of drug-likeness (QED) is 0.531. The van der Waals surface area contributed by atoms with Crippen LogP contribution in [-0.4, -0.2) is 37.4 Å². The highest BCUT2D eigenvalue weighted by molar-refractivity contribution is 7.89. The molecule has 3 rings (SSSR count). The van der Waals surface area contributed by atoms with Crippen LogP contribution in [0.5, 0.6) is 0 Å².